The van der Waals surface area contributed by atoms with Gasteiger partial charge in [-0.05, 0) is 47.5 Å². The van der Waals surface area contributed by atoms with Gasteiger partial charge in [0.25, 0.3) is 5.91 Å². The predicted octanol–water partition coefficient (Wildman–Crippen LogP) is 4.83. The third-order valence-corrected chi connectivity index (χ3v) is 5.41. The van der Waals surface area contributed by atoms with Gasteiger partial charge in [-0.25, -0.2) is 10.2 Å². The minimum absolute atomic E-state index is 0.124. The molecule has 4 aromatic rings. The zero-order valence-corrected chi connectivity index (χ0v) is 19.6. The highest BCUT2D eigenvalue weighted by molar-refractivity contribution is 5.92. The average Bonchev–Trinajstić information content (AvgIpc) is 3.41. The first-order chi connectivity index (χ1) is 18.2. The number of carbonyl (C=O) groups excluding carboxylic acids is 2. The number of para-hydroxylation sites is 1. The number of hydrogen-bond donors (Lipinski definition) is 1. The summed E-state index contributed by atoms with van der Waals surface area (Å²) in [5, 5.41) is 3.98. The van der Waals surface area contributed by atoms with Gasteiger partial charge in [-0.15, -0.1) is 0 Å². The maximum Gasteiger partial charge on any atom is 0.343 e. The van der Waals surface area contributed by atoms with E-state index < -0.39 is 11.9 Å². The molecular formula is C29H22N2O6. The Bertz CT molecular complexity index is 1450. The van der Waals surface area contributed by atoms with Crippen LogP contribution in [0.5, 0.6) is 23.0 Å². The Balaban J connectivity index is 1.15. The second kappa shape index (κ2) is 11.1. The predicted molar refractivity (Wildman–Crippen MR) is 137 cm³/mol. The van der Waals surface area contributed by atoms with E-state index in [4.69, 9.17) is 18.9 Å². The molecule has 0 saturated heterocycles. The summed E-state index contributed by atoms with van der Waals surface area (Å²) in [4.78, 5) is 24.8. The second-order valence-corrected chi connectivity index (χ2v) is 7.97. The number of carbonyl (C=O) groups is 2. The molecule has 1 heterocycles. The van der Waals surface area contributed by atoms with E-state index in [2.05, 4.69) is 10.5 Å². The lowest BCUT2D eigenvalue weighted by Gasteiger charge is -2.10. The van der Waals surface area contributed by atoms with Crippen LogP contribution >= 0.6 is 0 Å². The Hall–Kier alpha value is -5.11. The quantitative estimate of drug-likeness (QED) is 0.163. The van der Waals surface area contributed by atoms with Crippen molar-refractivity contribution < 1.29 is 28.5 Å². The fraction of sp³-hybridized carbons (Fsp3) is 0.0690. The molecule has 0 atom stereocenters. The zero-order valence-electron chi connectivity index (χ0n) is 19.6. The van der Waals surface area contributed by atoms with Gasteiger partial charge in [0.05, 0.1) is 11.8 Å². The van der Waals surface area contributed by atoms with Crippen molar-refractivity contribution in [1.82, 2.24) is 5.43 Å². The van der Waals surface area contributed by atoms with Gasteiger partial charge >= 0.3 is 5.97 Å². The average molecular weight is 495 g/mol. The van der Waals surface area contributed by atoms with E-state index in [0.717, 1.165) is 11.1 Å². The highest BCUT2D eigenvalue weighted by atomic mass is 16.7. The van der Waals surface area contributed by atoms with Crippen molar-refractivity contribution in [3.05, 3.63) is 108 Å². The van der Waals surface area contributed by atoms with Crippen molar-refractivity contribution in [3.63, 3.8) is 0 Å². The zero-order chi connectivity index (χ0) is 25.5. The largest absolute Gasteiger partial charge is 0.483 e. The minimum Gasteiger partial charge on any atom is -0.483 e. The van der Waals surface area contributed by atoms with Gasteiger partial charge in [-0.1, -0.05) is 60.7 Å². The third kappa shape index (κ3) is 5.94. The van der Waals surface area contributed by atoms with Crippen molar-refractivity contribution in [2.45, 2.75) is 0 Å². The molecule has 1 amide bonds. The molecule has 0 saturated carbocycles. The standard InChI is InChI=1S/C29H22N2O6/c32-28(18-34-25-12-5-4-11-24(25)21-8-2-1-3-9-21)31-30-17-20-7-6-10-23(15-20)37-29(33)22-13-14-26-27(16-22)36-19-35-26/h1-17H,18-19H2,(H,31,32)/b30-17-. The first-order valence-electron chi connectivity index (χ1n) is 11.5. The van der Waals surface area contributed by atoms with Gasteiger partial charge in [0, 0.05) is 5.56 Å². The Labute approximate surface area is 213 Å². The van der Waals surface area contributed by atoms with Gasteiger partial charge in [0.2, 0.25) is 6.79 Å². The number of nitrogens with one attached hydrogen (secondary N) is 1. The van der Waals surface area contributed by atoms with Crippen LogP contribution in [-0.2, 0) is 4.79 Å². The van der Waals surface area contributed by atoms with Crippen LogP contribution in [0.1, 0.15) is 15.9 Å². The Morgan fingerprint density at radius 2 is 1.68 bits per heavy atom. The number of rotatable bonds is 8. The summed E-state index contributed by atoms with van der Waals surface area (Å²) in [7, 11) is 0. The maximum atomic E-state index is 12.5. The lowest BCUT2D eigenvalue weighted by Crippen LogP contribution is -2.24. The van der Waals surface area contributed by atoms with Gasteiger partial charge in [0.15, 0.2) is 18.1 Å². The van der Waals surface area contributed by atoms with Gasteiger partial charge in [0.1, 0.15) is 11.5 Å². The first kappa shape index (κ1) is 23.6. The maximum absolute atomic E-state index is 12.5. The number of amides is 1. The molecule has 0 radical (unpaired) electrons. The van der Waals surface area contributed by atoms with Crippen molar-refractivity contribution in [1.29, 1.82) is 0 Å². The fourth-order valence-electron chi connectivity index (χ4n) is 3.65. The molecule has 184 valence electrons. The van der Waals surface area contributed by atoms with E-state index in [0.29, 0.717) is 34.1 Å². The van der Waals surface area contributed by atoms with Gasteiger partial charge in [-0.3, -0.25) is 4.79 Å². The smallest absolute Gasteiger partial charge is 0.343 e. The molecule has 0 fully saturated rings. The van der Waals surface area contributed by atoms with Crippen LogP contribution in [-0.4, -0.2) is 31.5 Å². The molecule has 1 aliphatic rings. The number of nitrogens with zero attached hydrogens (tertiary/aromatic N) is 1. The number of hydrazone groups is 1. The first-order valence-corrected chi connectivity index (χ1v) is 11.5. The summed E-state index contributed by atoms with van der Waals surface area (Å²) in [6, 6.07) is 28.9. The van der Waals surface area contributed by atoms with Gasteiger partial charge < -0.3 is 18.9 Å². The van der Waals surface area contributed by atoms with Crippen molar-refractivity contribution in [2.24, 2.45) is 5.10 Å². The molecule has 0 spiro atoms. The number of esters is 1. The van der Waals surface area contributed by atoms with Crippen molar-refractivity contribution in [2.75, 3.05) is 13.4 Å². The summed E-state index contributed by atoms with van der Waals surface area (Å²) in [6.45, 7) is -0.0762. The fourth-order valence-corrected chi connectivity index (χ4v) is 3.65. The molecule has 0 aromatic heterocycles. The highest BCUT2D eigenvalue weighted by Crippen LogP contribution is 2.33. The second-order valence-electron chi connectivity index (χ2n) is 7.97. The van der Waals surface area contributed by atoms with Crippen LogP contribution in [0.15, 0.2) is 102 Å². The molecule has 5 rings (SSSR count). The summed E-state index contributed by atoms with van der Waals surface area (Å²) in [6.07, 6.45) is 1.45. The Kier molecular flexibility index (Phi) is 7.08. The summed E-state index contributed by atoms with van der Waals surface area (Å²) >= 11 is 0. The normalized spacial score (nSPS) is 11.8. The molecule has 8 heteroatoms. The van der Waals surface area contributed by atoms with Crippen molar-refractivity contribution in [3.8, 4) is 34.1 Å². The lowest BCUT2D eigenvalue weighted by molar-refractivity contribution is -0.123. The van der Waals surface area contributed by atoms with Crippen LogP contribution in [0.3, 0.4) is 0 Å². The van der Waals surface area contributed by atoms with E-state index in [1.807, 2.05) is 54.6 Å². The number of ether oxygens (including phenoxy) is 4. The SMILES string of the molecule is O=C(COc1ccccc1-c1ccccc1)N/N=C\c1cccc(OC(=O)c2ccc3c(c2)OCO3)c1. The molecule has 1 N–H and O–H groups in total. The monoisotopic (exact) mass is 494 g/mol. The topological polar surface area (TPSA) is 95.5 Å². The van der Waals surface area contributed by atoms with E-state index in [1.165, 1.54) is 6.21 Å². The van der Waals surface area contributed by atoms with E-state index in [-0.39, 0.29) is 13.4 Å². The molecule has 37 heavy (non-hydrogen) atoms. The number of benzene rings is 4. The van der Waals surface area contributed by atoms with E-state index >= 15 is 0 Å². The molecule has 0 bridgehead atoms. The molecule has 0 aliphatic carbocycles. The Morgan fingerprint density at radius 3 is 2.57 bits per heavy atom. The van der Waals surface area contributed by atoms with Gasteiger partial charge in [-0.2, -0.15) is 5.10 Å². The molecular weight excluding hydrogens is 472 g/mol. The highest BCUT2D eigenvalue weighted by Gasteiger charge is 2.17. The lowest BCUT2D eigenvalue weighted by atomic mass is 10.1. The number of fused-ring (bicyclic) bond motifs is 1. The molecule has 1 aliphatic heterocycles. The minimum atomic E-state index is -0.534. The number of hydrogen-bond acceptors (Lipinski definition) is 7. The Morgan fingerprint density at radius 1 is 0.865 bits per heavy atom. The summed E-state index contributed by atoms with van der Waals surface area (Å²) in [5.74, 6) is 1.07. The van der Waals surface area contributed by atoms with Crippen LogP contribution in [0.4, 0.5) is 0 Å². The third-order valence-electron chi connectivity index (χ3n) is 5.41. The molecule has 4 aromatic carbocycles. The van der Waals surface area contributed by atoms with Crippen LogP contribution in [0.25, 0.3) is 11.1 Å². The molecule has 8 nitrogen and oxygen atoms in total. The summed E-state index contributed by atoms with van der Waals surface area (Å²) in [5.41, 5.74) is 5.30. The summed E-state index contributed by atoms with van der Waals surface area (Å²) < 4.78 is 21.7. The van der Waals surface area contributed by atoms with Crippen LogP contribution in [0.2, 0.25) is 0 Å². The van der Waals surface area contributed by atoms with E-state index in [1.54, 1.807) is 42.5 Å². The van der Waals surface area contributed by atoms with Crippen LogP contribution < -0.4 is 24.4 Å². The van der Waals surface area contributed by atoms with E-state index in [9.17, 15) is 9.59 Å². The molecule has 0 unspecified atom stereocenters. The van der Waals surface area contributed by atoms with Crippen LogP contribution in [0, 0.1) is 0 Å². The van der Waals surface area contributed by atoms with Crippen molar-refractivity contribution >= 4 is 18.1 Å².